The SMILES string of the molecule is CCCNCc1cnc(-c2cscn2)nc1CC. The molecule has 0 fully saturated rings. The van der Waals surface area contributed by atoms with Crippen LogP contribution < -0.4 is 5.32 Å². The molecule has 2 rings (SSSR count). The summed E-state index contributed by atoms with van der Waals surface area (Å²) in [5.41, 5.74) is 4.96. The van der Waals surface area contributed by atoms with E-state index in [1.165, 1.54) is 5.56 Å². The minimum atomic E-state index is 0.729. The highest BCUT2D eigenvalue weighted by atomic mass is 32.1. The highest BCUT2D eigenvalue weighted by molar-refractivity contribution is 7.07. The molecule has 0 spiro atoms. The summed E-state index contributed by atoms with van der Waals surface area (Å²) in [6, 6.07) is 0. The zero-order valence-corrected chi connectivity index (χ0v) is 11.6. The lowest BCUT2D eigenvalue weighted by Gasteiger charge is -2.08. The van der Waals surface area contributed by atoms with Gasteiger partial charge in [-0.25, -0.2) is 15.0 Å². The van der Waals surface area contributed by atoms with Crippen molar-refractivity contribution in [1.29, 1.82) is 0 Å². The van der Waals surface area contributed by atoms with Crippen LogP contribution in [0.3, 0.4) is 0 Å². The topological polar surface area (TPSA) is 50.7 Å². The largest absolute Gasteiger partial charge is 0.313 e. The van der Waals surface area contributed by atoms with Crippen LogP contribution in [0.2, 0.25) is 0 Å². The van der Waals surface area contributed by atoms with Crippen LogP contribution in [-0.2, 0) is 13.0 Å². The van der Waals surface area contributed by atoms with Gasteiger partial charge < -0.3 is 5.32 Å². The van der Waals surface area contributed by atoms with Gasteiger partial charge in [-0.15, -0.1) is 11.3 Å². The molecule has 0 bridgehead atoms. The molecule has 0 aliphatic heterocycles. The highest BCUT2D eigenvalue weighted by Gasteiger charge is 2.08. The Morgan fingerprint density at radius 1 is 1.28 bits per heavy atom. The van der Waals surface area contributed by atoms with Gasteiger partial charge in [-0.1, -0.05) is 13.8 Å². The summed E-state index contributed by atoms with van der Waals surface area (Å²) in [4.78, 5) is 13.3. The zero-order chi connectivity index (χ0) is 12.8. The molecule has 96 valence electrons. The molecular weight excluding hydrogens is 244 g/mol. The van der Waals surface area contributed by atoms with Crippen LogP contribution in [0.1, 0.15) is 31.5 Å². The summed E-state index contributed by atoms with van der Waals surface area (Å²) in [5, 5.41) is 5.36. The third-order valence-corrected chi connectivity index (χ3v) is 3.28. The van der Waals surface area contributed by atoms with Gasteiger partial charge in [-0.2, -0.15) is 0 Å². The monoisotopic (exact) mass is 262 g/mol. The van der Waals surface area contributed by atoms with Gasteiger partial charge in [-0.05, 0) is 19.4 Å². The van der Waals surface area contributed by atoms with E-state index in [4.69, 9.17) is 0 Å². The number of hydrogen-bond donors (Lipinski definition) is 1. The Balaban J connectivity index is 2.18. The summed E-state index contributed by atoms with van der Waals surface area (Å²) in [7, 11) is 0. The van der Waals surface area contributed by atoms with Crippen molar-refractivity contribution in [3.63, 3.8) is 0 Å². The minimum Gasteiger partial charge on any atom is -0.313 e. The van der Waals surface area contributed by atoms with E-state index >= 15 is 0 Å². The number of hydrogen-bond acceptors (Lipinski definition) is 5. The molecular formula is C13H18N4S. The predicted molar refractivity (Wildman–Crippen MR) is 74.5 cm³/mol. The Morgan fingerprint density at radius 3 is 2.83 bits per heavy atom. The van der Waals surface area contributed by atoms with Crippen molar-refractivity contribution in [2.45, 2.75) is 33.2 Å². The first kappa shape index (κ1) is 13.1. The molecule has 4 nitrogen and oxygen atoms in total. The van der Waals surface area contributed by atoms with Crippen molar-refractivity contribution in [3.05, 3.63) is 28.3 Å². The first-order valence-corrected chi connectivity index (χ1v) is 7.23. The van der Waals surface area contributed by atoms with Gasteiger partial charge in [0.25, 0.3) is 0 Å². The van der Waals surface area contributed by atoms with Gasteiger partial charge in [0.1, 0.15) is 5.69 Å². The molecule has 0 saturated heterocycles. The lowest BCUT2D eigenvalue weighted by atomic mass is 10.2. The molecule has 0 atom stereocenters. The van der Waals surface area contributed by atoms with Crippen LogP contribution in [0, 0.1) is 0 Å². The number of rotatable bonds is 6. The van der Waals surface area contributed by atoms with Crippen LogP contribution in [0.4, 0.5) is 0 Å². The van der Waals surface area contributed by atoms with Gasteiger partial charge in [-0.3, -0.25) is 0 Å². The van der Waals surface area contributed by atoms with Crippen LogP contribution in [0.15, 0.2) is 17.1 Å². The normalized spacial score (nSPS) is 10.8. The van der Waals surface area contributed by atoms with E-state index in [2.05, 4.69) is 34.1 Å². The van der Waals surface area contributed by atoms with Crippen LogP contribution >= 0.6 is 11.3 Å². The molecule has 0 unspecified atom stereocenters. The first-order valence-electron chi connectivity index (χ1n) is 6.29. The highest BCUT2D eigenvalue weighted by Crippen LogP contribution is 2.16. The summed E-state index contributed by atoms with van der Waals surface area (Å²) in [6.07, 6.45) is 3.98. The zero-order valence-electron chi connectivity index (χ0n) is 10.8. The van der Waals surface area contributed by atoms with E-state index in [0.717, 1.165) is 43.1 Å². The molecule has 18 heavy (non-hydrogen) atoms. The molecule has 0 aliphatic carbocycles. The van der Waals surface area contributed by atoms with Crippen molar-refractivity contribution >= 4 is 11.3 Å². The van der Waals surface area contributed by atoms with Crippen LogP contribution in [-0.4, -0.2) is 21.5 Å². The van der Waals surface area contributed by atoms with Crippen molar-refractivity contribution in [1.82, 2.24) is 20.3 Å². The molecule has 2 aromatic rings. The van der Waals surface area contributed by atoms with E-state index in [-0.39, 0.29) is 0 Å². The van der Waals surface area contributed by atoms with E-state index in [1.54, 1.807) is 16.8 Å². The smallest absolute Gasteiger partial charge is 0.179 e. The standard InChI is InChI=1S/C13H18N4S/c1-3-5-14-6-10-7-15-13(17-11(10)4-2)12-8-18-9-16-12/h7-9,14H,3-6H2,1-2H3. The average Bonchev–Trinajstić information content (AvgIpc) is 2.93. The molecule has 0 saturated carbocycles. The van der Waals surface area contributed by atoms with Gasteiger partial charge >= 0.3 is 0 Å². The molecule has 0 aromatic carbocycles. The van der Waals surface area contributed by atoms with Gasteiger partial charge in [0.15, 0.2) is 5.82 Å². The molecule has 0 amide bonds. The number of nitrogens with one attached hydrogen (secondary N) is 1. The number of aromatic nitrogens is 3. The van der Waals surface area contributed by atoms with Crippen molar-refractivity contribution in [2.75, 3.05) is 6.54 Å². The molecule has 1 N–H and O–H groups in total. The lowest BCUT2D eigenvalue weighted by Crippen LogP contribution is -2.16. The summed E-state index contributed by atoms with van der Waals surface area (Å²) < 4.78 is 0. The Bertz CT molecular complexity index is 482. The number of thiazole rings is 1. The van der Waals surface area contributed by atoms with Gasteiger partial charge in [0.2, 0.25) is 0 Å². The van der Waals surface area contributed by atoms with Crippen LogP contribution in [0.25, 0.3) is 11.5 Å². The number of aryl methyl sites for hydroxylation is 1. The summed E-state index contributed by atoms with van der Waals surface area (Å²) in [6.45, 7) is 6.15. The molecule has 0 aliphatic rings. The second kappa shape index (κ2) is 6.56. The van der Waals surface area contributed by atoms with E-state index < -0.39 is 0 Å². The molecule has 5 heteroatoms. The third kappa shape index (κ3) is 3.11. The predicted octanol–water partition coefficient (Wildman–Crippen LogP) is 2.66. The Kier molecular flexibility index (Phi) is 4.78. The Hall–Kier alpha value is -1.33. The van der Waals surface area contributed by atoms with Crippen LogP contribution in [0.5, 0.6) is 0 Å². The summed E-state index contributed by atoms with van der Waals surface area (Å²) in [5.74, 6) is 0.729. The third-order valence-electron chi connectivity index (χ3n) is 2.69. The molecule has 0 radical (unpaired) electrons. The average molecular weight is 262 g/mol. The van der Waals surface area contributed by atoms with Gasteiger partial charge in [0, 0.05) is 29.4 Å². The van der Waals surface area contributed by atoms with Crippen molar-refractivity contribution in [2.24, 2.45) is 0 Å². The maximum atomic E-state index is 4.61. The van der Waals surface area contributed by atoms with E-state index in [9.17, 15) is 0 Å². The fourth-order valence-electron chi connectivity index (χ4n) is 1.74. The minimum absolute atomic E-state index is 0.729. The van der Waals surface area contributed by atoms with E-state index in [0.29, 0.717) is 0 Å². The molecule has 2 heterocycles. The maximum absolute atomic E-state index is 4.61. The second-order valence-corrected chi connectivity index (χ2v) is 4.79. The molecule has 2 aromatic heterocycles. The second-order valence-electron chi connectivity index (χ2n) is 4.07. The van der Waals surface area contributed by atoms with Gasteiger partial charge in [0.05, 0.1) is 5.51 Å². The fraction of sp³-hybridized carbons (Fsp3) is 0.462. The Morgan fingerprint density at radius 2 is 2.17 bits per heavy atom. The maximum Gasteiger partial charge on any atom is 0.179 e. The van der Waals surface area contributed by atoms with E-state index in [1.807, 2.05) is 11.6 Å². The quantitative estimate of drug-likeness (QED) is 0.813. The fourth-order valence-corrected chi connectivity index (χ4v) is 2.27. The lowest BCUT2D eigenvalue weighted by molar-refractivity contribution is 0.666. The Labute approximate surface area is 112 Å². The number of nitrogens with zero attached hydrogens (tertiary/aromatic N) is 3. The first-order chi connectivity index (χ1) is 8.85. The van der Waals surface area contributed by atoms with Crippen molar-refractivity contribution in [3.8, 4) is 11.5 Å². The summed E-state index contributed by atoms with van der Waals surface area (Å²) >= 11 is 1.57. The van der Waals surface area contributed by atoms with Crippen molar-refractivity contribution < 1.29 is 0 Å².